The molecule has 0 aliphatic rings. The predicted octanol–water partition coefficient (Wildman–Crippen LogP) is 2.86. The molecular formula is C21H26N2O5. The van der Waals surface area contributed by atoms with E-state index >= 15 is 0 Å². The molecule has 150 valence electrons. The first-order chi connectivity index (χ1) is 13.4. The van der Waals surface area contributed by atoms with Crippen molar-refractivity contribution in [2.24, 2.45) is 5.41 Å². The maximum atomic E-state index is 12.6. The van der Waals surface area contributed by atoms with Gasteiger partial charge in [0.15, 0.2) is 0 Å². The van der Waals surface area contributed by atoms with Crippen LogP contribution in [0.4, 0.5) is 5.69 Å². The fourth-order valence-corrected chi connectivity index (χ4v) is 2.36. The van der Waals surface area contributed by atoms with Crippen LogP contribution in [0.25, 0.3) is 0 Å². The minimum atomic E-state index is -1.26. The van der Waals surface area contributed by atoms with Crippen molar-refractivity contribution in [1.29, 1.82) is 0 Å². The highest BCUT2D eigenvalue weighted by Gasteiger charge is 2.36. The number of hydrogen-bond donors (Lipinski definition) is 2. The minimum absolute atomic E-state index is 0.274. The molecule has 0 aliphatic carbocycles. The van der Waals surface area contributed by atoms with Gasteiger partial charge >= 0.3 is 0 Å². The highest BCUT2D eigenvalue weighted by atomic mass is 16.5. The summed E-state index contributed by atoms with van der Waals surface area (Å²) in [7, 11) is 3.11. The molecule has 0 spiro atoms. The summed E-state index contributed by atoms with van der Waals surface area (Å²) in [6.07, 6.45) is 0. The van der Waals surface area contributed by atoms with Crippen molar-refractivity contribution in [1.82, 2.24) is 5.32 Å². The van der Waals surface area contributed by atoms with Crippen LogP contribution in [0, 0.1) is 5.41 Å². The Hall–Kier alpha value is -3.22. The molecule has 2 rings (SSSR count). The maximum Gasteiger partial charge on any atom is 0.239 e. The topological polar surface area (TPSA) is 85.9 Å². The molecule has 7 nitrogen and oxygen atoms in total. The summed E-state index contributed by atoms with van der Waals surface area (Å²) >= 11 is 0. The van der Waals surface area contributed by atoms with Gasteiger partial charge in [-0.1, -0.05) is 12.1 Å². The summed E-state index contributed by atoms with van der Waals surface area (Å²) in [5, 5.41) is 5.47. The van der Waals surface area contributed by atoms with E-state index in [4.69, 9.17) is 14.2 Å². The van der Waals surface area contributed by atoms with Crippen molar-refractivity contribution in [2.75, 3.05) is 32.7 Å². The van der Waals surface area contributed by atoms with Crippen molar-refractivity contribution in [3.05, 3.63) is 48.5 Å². The van der Waals surface area contributed by atoms with Crippen LogP contribution in [-0.2, 0) is 9.59 Å². The first-order valence-corrected chi connectivity index (χ1v) is 8.88. The SMILES string of the molecule is COc1ccc(OCCNC(=O)C(C)(C)C(=O)Nc2ccccc2OC)cc1. The molecule has 0 radical (unpaired) electrons. The molecule has 2 N–H and O–H groups in total. The van der Waals surface area contributed by atoms with Crippen LogP contribution in [0.2, 0.25) is 0 Å². The third-order valence-electron chi connectivity index (χ3n) is 4.21. The number of para-hydroxylation sites is 2. The number of nitrogens with one attached hydrogen (secondary N) is 2. The fraction of sp³-hybridized carbons (Fsp3) is 0.333. The monoisotopic (exact) mass is 386 g/mol. The predicted molar refractivity (Wildman–Crippen MR) is 107 cm³/mol. The number of ether oxygens (including phenoxy) is 3. The molecule has 2 aromatic carbocycles. The van der Waals surface area contributed by atoms with E-state index in [-0.39, 0.29) is 13.2 Å². The van der Waals surface area contributed by atoms with Crippen LogP contribution in [0.5, 0.6) is 17.2 Å². The Bertz CT molecular complexity index is 803. The van der Waals surface area contributed by atoms with Crippen LogP contribution in [0.15, 0.2) is 48.5 Å². The van der Waals surface area contributed by atoms with E-state index in [1.54, 1.807) is 69.5 Å². The number of carbonyl (C=O) groups excluding carboxylic acids is 2. The van der Waals surface area contributed by atoms with Crippen LogP contribution in [0.3, 0.4) is 0 Å². The normalized spacial score (nSPS) is 10.7. The Morgan fingerprint density at radius 2 is 1.54 bits per heavy atom. The highest BCUT2D eigenvalue weighted by Crippen LogP contribution is 2.26. The number of carbonyl (C=O) groups is 2. The number of benzene rings is 2. The first kappa shape index (κ1) is 21.1. The molecule has 2 aromatic rings. The number of anilines is 1. The smallest absolute Gasteiger partial charge is 0.239 e. The zero-order chi connectivity index (χ0) is 20.6. The zero-order valence-corrected chi connectivity index (χ0v) is 16.6. The van der Waals surface area contributed by atoms with Gasteiger partial charge < -0.3 is 24.8 Å². The lowest BCUT2D eigenvalue weighted by atomic mass is 9.91. The van der Waals surface area contributed by atoms with Crippen LogP contribution >= 0.6 is 0 Å². The van der Waals surface area contributed by atoms with Gasteiger partial charge in [0.25, 0.3) is 0 Å². The second kappa shape index (κ2) is 9.64. The van der Waals surface area contributed by atoms with Gasteiger partial charge in [0.1, 0.15) is 29.3 Å². The summed E-state index contributed by atoms with van der Waals surface area (Å²) in [6.45, 7) is 3.69. The molecular weight excluding hydrogens is 360 g/mol. The molecule has 7 heteroatoms. The van der Waals surface area contributed by atoms with Crippen molar-refractivity contribution >= 4 is 17.5 Å². The summed E-state index contributed by atoms with van der Waals surface area (Å²) < 4.78 is 15.9. The number of rotatable bonds is 9. The van der Waals surface area contributed by atoms with Gasteiger partial charge in [-0.25, -0.2) is 0 Å². The number of methoxy groups -OCH3 is 2. The van der Waals surface area contributed by atoms with Gasteiger partial charge in [-0.2, -0.15) is 0 Å². The van der Waals surface area contributed by atoms with Crippen molar-refractivity contribution in [2.45, 2.75) is 13.8 Å². The Morgan fingerprint density at radius 3 is 2.18 bits per heavy atom. The van der Waals surface area contributed by atoms with Gasteiger partial charge in [0.05, 0.1) is 26.5 Å². The standard InChI is InChI=1S/C21H26N2O5/c1-21(2,20(25)23-17-7-5-6-8-18(17)27-4)19(24)22-13-14-28-16-11-9-15(26-3)10-12-16/h5-12H,13-14H2,1-4H3,(H,22,24)(H,23,25). The van der Waals surface area contributed by atoms with Gasteiger partial charge in [-0.15, -0.1) is 0 Å². The Kier molecular flexibility index (Phi) is 7.26. The average Bonchev–Trinajstić information content (AvgIpc) is 2.71. The molecule has 0 saturated carbocycles. The summed E-state index contributed by atoms with van der Waals surface area (Å²) in [6, 6.07) is 14.2. The average molecular weight is 386 g/mol. The zero-order valence-electron chi connectivity index (χ0n) is 16.6. The molecule has 28 heavy (non-hydrogen) atoms. The van der Waals surface area contributed by atoms with E-state index in [1.807, 2.05) is 0 Å². The quantitative estimate of drug-likeness (QED) is 0.511. The van der Waals surface area contributed by atoms with Gasteiger partial charge in [0, 0.05) is 0 Å². The van der Waals surface area contributed by atoms with E-state index in [2.05, 4.69) is 10.6 Å². The number of amides is 2. The van der Waals surface area contributed by atoms with Gasteiger partial charge in [-0.05, 0) is 50.2 Å². The first-order valence-electron chi connectivity index (χ1n) is 8.88. The molecule has 2 amide bonds. The van der Waals surface area contributed by atoms with Gasteiger partial charge in [0.2, 0.25) is 11.8 Å². The van der Waals surface area contributed by atoms with Crippen LogP contribution in [0.1, 0.15) is 13.8 Å². The Morgan fingerprint density at radius 1 is 0.893 bits per heavy atom. The molecule has 0 bridgehead atoms. The maximum absolute atomic E-state index is 12.6. The fourth-order valence-electron chi connectivity index (χ4n) is 2.36. The lowest BCUT2D eigenvalue weighted by Crippen LogP contribution is -2.46. The summed E-state index contributed by atoms with van der Waals surface area (Å²) in [4.78, 5) is 25.1. The Balaban J connectivity index is 1.84. The number of hydrogen-bond acceptors (Lipinski definition) is 5. The molecule has 0 fully saturated rings. The third kappa shape index (κ3) is 5.39. The minimum Gasteiger partial charge on any atom is -0.497 e. The second-order valence-electron chi connectivity index (χ2n) is 6.56. The molecule has 0 aromatic heterocycles. The molecule has 0 atom stereocenters. The van der Waals surface area contributed by atoms with Crippen LogP contribution in [-0.4, -0.2) is 39.2 Å². The van der Waals surface area contributed by atoms with E-state index in [1.165, 1.54) is 7.11 Å². The largest absolute Gasteiger partial charge is 0.497 e. The van der Waals surface area contributed by atoms with E-state index in [0.717, 1.165) is 5.75 Å². The third-order valence-corrected chi connectivity index (χ3v) is 4.21. The molecule has 0 unspecified atom stereocenters. The highest BCUT2D eigenvalue weighted by molar-refractivity contribution is 6.10. The van der Waals surface area contributed by atoms with Crippen molar-refractivity contribution in [3.63, 3.8) is 0 Å². The second-order valence-corrected chi connectivity index (χ2v) is 6.56. The lowest BCUT2D eigenvalue weighted by molar-refractivity contribution is -0.138. The lowest BCUT2D eigenvalue weighted by Gasteiger charge is -2.23. The van der Waals surface area contributed by atoms with Crippen molar-refractivity contribution in [3.8, 4) is 17.2 Å². The van der Waals surface area contributed by atoms with Crippen LogP contribution < -0.4 is 24.8 Å². The summed E-state index contributed by atoms with van der Waals surface area (Å²) in [5.41, 5.74) is -0.750. The molecule has 0 aliphatic heterocycles. The molecule has 0 heterocycles. The van der Waals surface area contributed by atoms with E-state index in [0.29, 0.717) is 17.2 Å². The molecule has 0 saturated heterocycles. The van der Waals surface area contributed by atoms with Crippen molar-refractivity contribution < 1.29 is 23.8 Å². The van der Waals surface area contributed by atoms with E-state index < -0.39 is 17.2 Å². The Labute approximate surface area is 165 Å². The van der Waals surface area contributed by atoms with Gasteiger partial charge in [-0.3, -0.25) is 9.59 Å². The van der Waals surface area contributed by atoms with E-state index in [9.17, 15) is 9.59 Å². The summed E-state index contributed by atoms with van der Waals surface area (Å²) in [5.74, 6) is 1.12.